The zero-order chi connectivity index (χ0) is 24.5. The van der Waals surface area contributed by atoms with E-state index in [1.807, 2.05) is 24.3 Å². The average molecular weight is 465 g/mol. The van der Waals surface area contributed by atoms with Crippen LogP contribution in [0.3, 0.4) is 0 Å². The van der Waals surface area contributed by atoms with Gasteiger partial charge in [-0.3, -0.25) is 9.69 Å². The maximum Gasteiger partial charge on any atom is 0.410 e. The molecule has 180 valence electrons. The van der Waals surface area contributed by atoms with Crippen LogP contribution in [0.15, 0.2) is 48.5 Å². The first-order valence-electron chi connectivity index (χ1n) is 11.8. The molecule has 1 fully saturated rings. The number of esters is 1. The number of ether oxygens (including phenoxy) is 2. The highest BCUT2D eigenvalue weighted by molar-refractivity contribution is 5.90. The number of nitrogens with one attached hydrogen (secondary N) is 1. The second-order valence-electron chi connectivity index (χ2n) is 9.92. The van der Waals surface area contributed by atoms with E-state index in [1.54, 1.807) is 27.7 Å². The van der Waals surface area contributed by atoms with Gasteiger partial charge < -0.3 is 14.8 Å². The quantitative estimate of drug-likeness (QED) is 0.669. The number of carbonyl (C=O) groups excluding carboxylic acids is 3. The molecule has 1 saturated heterocycles. The molecular formula is C27H32N2O5. The highest BCUT2D eigenvalue weighted by Crippen LogP contribution is 2.44. The topological polar surface area (TPSA) is 84.9 Å². The van der Waals surface area contributed by atoms with Crippen LogP contribution in [0.25, 0.3) is 11.1 Å². The number of hydrogen-bond donors (Lipinski definition) is 1. The smallest absolute Gasteiger partial charge is 0.410 e. The summed E-state index contributed by atoms with van der Waals surface area (Å²) in [5.41, 5.74) is 3.95. The number of hydrogen-bond acceptors (Lipinski definition) is 5. The first-order valence-corrected chi connectivity index (χ1v) is 11.8. The van der Waals surface area contributed by atoms with Crippen molar-refractivity contribution >= 4 is 18.0 Å². The molecule has 0 bridgehead atoms. The molecule has 34 heavy (non-hydrogen) atoms. The Morgan fingerprint density at radius 3 is 2.21 bits per heavy atom. The second-order valence-corrected chi connectivity index (χ2v) is 9.92. The number of amides is 2. The Labute approximate surface area is 200 Å². The summed E-state index contributed by atoms with van der Waals surface area (Å²) in [6.07, 6.45) is 0.713. The summed E-state index contributed by atoms with van der Waals surface area (Å²) < 4.78 is 11.1. The predicted octanol–water partition coefficient (Wildman–Crippen LogP) is 4.25. The molecule has 2 amide bonds. The Kier molecular flexibility index (Phi) is 6.64. The van der Waals surface area contributed by atoms with Gasteiger partial charge in [-0.2, -0.15) is 0 Å². The Morgan fingerprint density at radius 2 is 1.62 bits per heavy atom. The monoisotopic (exact) mass is 464 g/mol. The van der Waals surface area contributed by atoms with Gasteiger partial charge in [0.1, 0.15) is 24.3 Å². The van der Waals surface area contributed by atoms with Crippen LogP contribution in [-0.2, 0) is 19.1 Å². The molecule has 0 spiro atoms. The van der Waals surface area contributed by atoms with Crippen LogP contribution >= 0.6 is 0 Å². The molecule has 0 saturated carbocycles. The molecule has 1 aliphatic heterocycles. The van der Waals surface area contributed by atoms with E-state index in [-0.39, 0.29) is 18.4 Å². The summed E-state index contributed by atoms with van der Waals surface area (Å²) in [7, 11) is 0. The number of likely N-dealkylation sites (tertiary alicyclic amines) is 1. The highest BCUT2D eigenvalue weighted by atomic mass is 16.6. The van der Waals surface area contributed by atoms with E-state index >= 15 is 0 Å². The summed E-state index contributed by atoms with van der Waals surface area (Å²) in [5, 5.41) is 2.69. The molecule has 1 aliphatic carbocycles. The molecule has 0 unspecified atom stereocenters. The third kappa shape index (κ3) is 4.93. The van der Waals surface area contributed by atoms with Gasteiger partial charge in [0, 0.05) is 12.5 Å². The summed E-state index contributed by atoms with van der Waals surface area (Å²) in [6.45, 7) is 7.54. The summed E-state index contributed by atoms with van der Waals surface area (Å²) >= 11 is 0. The van der Waals surface area contributed by atoms with Crippen molar-refractivity contribution in [2.75, 3.05) is 13.2 Å². The van der Waals surface area contributed by atoms with Crippen LogP contribution < -0.4 is 5.32 Å². The van der Waals surface area contributed by atoms with Crippen molar-refractivity contribution in [3.63, 3.8) is 0 Å². The van der Waals surface area contributed by atoms with Crippen LogP contribution in [0.2, 0.25) is 0 Å². The lowest BCUT2D eigenvalue weighted by atomic mass is 9.98. The standard InChI is InChI=1S/C27H32N2O5/c1-17(25(31)34-27(2,3)4)28-24(30)23-14-9-15-29(23)26(32)33-16-22-20-12-7-5-10-18(20)19-11-6-8-13-21(19)22/h5-8,10-13,17,22-23H,9,14-16H2,1-4H3,(H,28,30)/t17-,23-/m0/s1. The molecule has 2 aromatic carbocycles. The molecular weight excluding hydrogens is 432 g/mol. The SMILES string of the molecule is C[C@H](NC(=O)[C@@H]1CCCN1C(=O)OCC1c2ccccc2-c2ccccc21)C(=O)OC(C)(C)C. The van der Waals surface area contributed by atoms with Crippen molar-refractivity contribution in [1.82, 2.24) is 10.2 Å². The van der Waals surface area contributed by atoms with Crippen molar-refractivity contribution in [1.29, 1.82) is 0 Å². The minimum Gasteiger partial charge on any atom is -0.458 e. The molecule has 0 radical (unpaired) electrons. The van der Waals surface area contributed by atoms with Gasteiger partial charge in [-0.25, -0.2) is 9.59 Å². The van der Waals surface area contributed by atoms with Crippen LogP contribution in [0.4, 0.5) is 4.79 Å². The van der Waals surface area contributed by atoms with Gasteiger partial charge in [0.25, 0.3) is 0 Å². The van der Waals surface area contributed by atoms with E-state index in [0.717, 1.165) is 22.3 Å². The molecule has 7 heteroatoms. The number of fused-ring (bicyclic) bond motifs is 3. The number of carbonyl (C=O) groups is 3. The lowest BCUT2D eigenvalue weighted by molar-refractivity contribution is -0.158. The minimum absolute atomic E-state index is 0.0431. The number of nitrogens with zero attached hydrogens (tertiary/aromatic N) is 1. The van der Waals surface area contributed by atoms with Crippen molar-refractivity contribution in [3.8, 4) is 11.1 Å². The Balaban J connectivity index is 1.39. The van der Waals surface area contributed by atoms with E-state index < -0.39 is 29.7 Å². The molecule has 2 atom stereocenters. The summed E-state index contributed by atoms with van der Waals surface area (Å²) in [4.78, 5) is 39.5. The molecule has 7 nitrogen and oxygen atoms in total. The van der Waals surface area contributed by atoms with E-state index in [9.17, 15) is 14.4 Å². The number of benzene rings is 2. The Bertz CT molecular complexity index is 1040. The predicted molar refractivity (Wildman–Crippen MR) is 128 cm³/mol. The molecule has 2 aromatic rings. The average Bonchev–Trinajstić information content (AvgIpc) is 3.40. The lowest BCUT2D eigenvalue weighted by Gasteiger charge is -2.26. The third-order valence-electron chi connectivity index (χ3n) is 6.25. The van der Waals surface area contributed by atoms with E-state index in [0.29, 0.717) is 19.4 Å². The normalized spacial score (nSPS) is 18.1. The van der Waals surface area contributed by atoms with Crippen LogP contribution in [0.5, 0.6) is 0 Å². The van der Waals surface area contributed by atoms with Crippen LogP contribution in [-0.4, -0.2) is 53.7 Å². The fraction of sp³-hybridized carbons (Fsp3) is 0.444. The van der Waals surface area contributed by atoms with Crippen molar-refractivity contribution < 1.29 is 23.9 Å². The largest absolute Gasteiger partial charge is 0.458 e. The van der Waals surface area contributed by atoms with Gasteiger partial charge >= 0.3 is 12.1 Å². The van der Waals surface area contributed by atoms with Crippen molar-refractivity contribution in [3.05, 3.63) is 59.7 Å². The summed E-state index contributed by atoms with van der Waals surface area (Å²) in [6, 6.07) is 14.8. The Morgan fingerprint density at radius 1 is 1.03 bits per heavy atom. The number of rotatable bonds is 5. The molecule has 4 rings (SSSR count). The first kappa shape index (κ1) is 23.8. The summed E-state index contributed by atoms with van der Waals surface area (Å²) in [5.74, 6) is -0.922. The Hall–Kier alpha value is -3.35. The van der Waals surface area contributed by atoms with Gasteiger partial charge in [-0.05, 0) is 62.8 Å². The first-order chi connectivity index (χ1) is 16.2. The highest BCUT2D eigenvalue weighted by Gasteiger charge is 2.37. The van der Waals surface area contributed by atoms with Gasteiger partial charge in [0.2, 0.25) is 5.91 Å². The van der Waals surface area contributed by atoms with E-state index in [1.165, 1.54) is 4.90 Å². The van der Waals surface area contributed by atoms with Gasteiger partial charge in [0.05, 0.1) is 0 Å². The molecule has 0 aromatic heterocycles. The molecule has 2 aliphatic rings. The fourth-order valence-corrected chi connectivity index (χ4v) is 4.69. The van der Waals surface area contributed by atoms with Crippen LogP contribution in [0, 0.1) is 0 Å². The lowest BCUT2D eigenvalue weighted by Crippen LogP contribution is -2.51. The minimum atomic E-state index is -0.809. The van der Waals surface area contributed by atoms with E-state index in [4.69, 9.17) is 9.47 Å². The van der Waals surface area contributed by atoms with Crippen molar-refractivity contribution in [2.45, 2.75) is 64.1 Å². The molecule has 1 N–H and O–H groups in total. The third-order valence-corrected chi connectivity index (χ3v) is 6.25. The van der Waals surface area contributed by atoms with Gasteiger partial charge in [-0.15, -0.1) is 0 Å². The molecule has 1 heterocycles. The van der Waals surface area contributed by atoms with Crippen molar-refractivity contribution in [2.24, 2.45) is 0 Å². The van der Waals surface area contributed by atoms with E-state index in [2.05, 4.69) is 29.6 Å². The fourth-order valence-electron chi connectivity index (χ4n) is 4.69. The zero-order valence-corrected chi connectivity index (χ0v) is 20.2. The second kappa shape index (κ2) is 9.49. The van der Waals surface area contributed by atoms with Crippen LogP contribution in [0.1, 0.15) is 57.6 Å². The van der Waals surface area contributed by atoms with Gasteiger partial charge in [0.15, 0.2) is 0 Å². The zero-order valence-electron chi connectivity index (χ0n) is 20.2. The maximum absolute atomic E-state index is 13.0. The maximum atomic E-state index is 13.0. The van der Waals surface area contributed by atoms with Gasteiger partial charge in [-0.1, -0.05) is 48.5 Å².